The van der Waals surface area contributed by atoms with Crippen LogP contribution in [0.2, 0.25) is 0 Å². The zero-order chi connectivity index (χ0) is 19.9. The van der Waals surface area contributed by atoms with Crippen LogP contribution < -0.4 is 5.32 Å². The van der Waals surface area contributed by atoms with Gasteiger partial charge < -0.3 is 24.3 Å². The highest BCUT2D eigenvalue weighted by atomic mass is 16.5. The number of hydrogen-bond donors (Lipinski definition) is 1. The van der Waals surface area contributed by atoms with Gasteiger partial charge in [-0.2, -0.15) is 0 Å². The number of guanidine groups is 1. The van der Waals surface area contributed by atoms with Crippen molar-refractivity contribution in [2.75, 3.05) is 40.0 Å². The summed E-state index contributed by atoms with van der Waals surface area (Å²) in [6, 6.07) is 8.38. The lowest BCUT2D eigenvalue weighted by molar-refractivity contribution is -0.00846. The van der Waals surface area contributed by atoms with Crippen LogP contribution in [0.3, 0.4) is 0 Å². The molecule has 1 aromatic heterocycles. The van der Waals surface area contributed by atoms with Gasteiger partial charge in [-0.15, -0.1) is 10.2 Å². The summed E-state index contributed by atoms with van der Waals surface area (Å²) in [6.45, 7) is 8.05. The Morgan fingerprint density at radius 3 is 2.86 bits per heavy atom. The SMILES string of the molecule is COCCNC(=NCc1nnc(C)n1C)N1CCOC(c2ccccc2C)C1. The Morgan fingerprint density at radius 1 is 1.32 bits per heavy atom. The summed E-state index contributed by atoms with van der Waals surface area (Å²) in [4.78, 5) is 7.06. The van der Waals surface area contributed by atoms with Gasteiger partial charge in [0, 0.05) is 27.2 Å². The molecule has 8 heteroatoms. The van der Waals surface area contributed by atoms with Crippen molar-refractivity contribution >= 4 is 5.96 Å². The highest BCUT2D eigenvalue weighted by Crippen LogP contribution is 2.25. The van der Waals surface area contributed by atoms with Gasteiger partial charge in [-0.3, -0.25) is 0 Å². The van der Waals surface area contributed by atoms with Gasteiger partial charge in [-0.1, -0.05) is 24.3 Å². The molecule has 152 valence electrons. The molecule has 2 heterocycles. The maximum absolute atomic E-state index is 6.06. The average Bonchev–Trinajstić information content (AvgIpc) is 3.03. The molecule has 0 radical (unpaired) electrons. The summed E-state index contributed by atoms with van der Waals surface area (Å²) in [7, 11) is 3.66. The fraction of sp³-hybridized carbons (Fsp3) is 0.550. The molecule has 0 saturated carbocycles. The number of ether oxygens (including phenoxy) is 2. The largest absolute Gasteiger partial charge is 0.383 e. The Morgan fingerprint density at radius 2 is 2.14 bits per heavy atom. The molecule has 0 spiro atoms. The highest BCUT2D eigenvalue weighted by Gasteiger charge is 2.25. The summed E-state index contributed by atoms with van der Waals surface area (Å²) in [5.74, 6) is 2.57. The number of nitrogens with one attached hydrogen (secondary N) is 1. The third-order valence-electron chi connectivity index (χ3n) is 5.04. The van der Waals surface area contributed by atoms with Crippen LogP contribution in [0, 0.1) is 13.8 Å². The van der Waals surface area contributed by atoms with Gasteiger partial charge in [-0.25, -0.2) is 4.99 Å². The summed E-state index contributed by atoms with van der Waals surface area (Å²) < 4.78 is 13.2. The van der Waals surface area contributed by atoms with Gasteiger partial charge in [0.15, 0.2) is 11.8 Å². The summed E-state index contributed by atoms with van der Waals surface area (Å²) in [6.07, 6.45) is 0.0291. The lowest BCUT2D eigenvalue weighted by atomic mass is 10.0. The molecule has 8 nitrogen and oxygen atoms in total. The quantitative estimate of drug-likeness (QED) is 0.462. The zero-order valence-corrected chi connectivity index (χ0v) is 17.2. The van der Waals surface area contributed by atoms with Gasteiger partial charge >= 0.3 is 0 Å². The Labute approximate surface area is 166 Å². The molecular formula is C20H30N6O2. The molecule has 2 aromatic rings. The molecule has 3 rings (SSSR count). The number of nitrogens with zero attached hydrogens (tertiary/aromatic N) is 5. The monoisotopic (exact) mass is 386 g/mol. The van der Waals surface area contributed by atoms with E-state index in [0.717, 1.165) is 30.7 Å². The van der Waals surface area contributed by atoms with Crippen LogP contribution in [-0.4, -0.2) is 65.6 Å². The molecule has 0 bridgehead atoms. The van der Waals surface area contributed by atoms with E-state index in [1.54, 1.807) is 7.11 Å². The first-order valence-corrected chi connectivity index (χ1v) is 9.64. The molecule has 1 aliphatic rings. The lowest BCUT2D eigenvalue weighted by Gasteiger charge is -2.36. The number of aryl methyl sites for hydroxylation is 2. The number of hydrogen-bond acceptors (Lipinski definition) is 5. The van der Waals surface area contributed by atoms with Crippen LogP contribution in [-0.2, 0) is 23.1 Å². The van der Waals surface area contributed by atoms with E-state index in [1.807, 2.05) is 18.5 Å². The van der Waals surface area contributed by atoms with Crippen molar-refractivity contribution in [3.8, 4) is 0 Å². The number of benzene rings is 1. The first kappa shape index (κ1) is 20.3. The summed E-state index contributed by atoms with van der Waals surface area (Å²) in [5.41, 5.74) is 2.47. The minimum absolute atomic E-state index is 0.0291. The van der Waals surface area contributed by atoms with Crippen LogP contribution in [0.1, 0.15) is 28.9 Å². The normalized spacial score (nSPS) is 17.8. The Hall–Kier alpha value is -2.45. The van der Waals surface area contributed by atoms with Gasteiger partial charge in [0.25, 0.3) is 0 Å². The third-order valence-corrected chi connectivity index (χ3v) is 5.04. The molecular weight excluding hydrogens is 356 g/mol. The van der Waals surface area contributed by atoms with Crippen molar-refractivity contribution in [3.05, 3.63) is 47.0 Å². The van der Waals surface area contributed by atoms with Crippen LogP contribution in [0.15, 0.2) is 29.3 Å². The van der Waals surface area contributed by atoms with Gasteiger partial charge in [0.1, 0.15) is 18.5 Å². The summed E-state index contributed by atoms with van der Waals surface area (Å²) in [5, 5.41) is 11.7. The van der Waals surface area contributed by atoms with Crippen LogP contribution in [0.4, 0.5) is 0 Å². The fourth-order valence-corrected chi connectivity index (χ4v) is 3.24. The number of morpholine rings is 1. The predicted octanol–water partition coefficient (Wildman–Crippen LogP) is 1.60. The maximum atomic E-state index is 6.06. The second-order valence-corrected chi connectivity index (χ2v) is 6.94. The van der Waals surface area contributed by atoms with E-state index < -0.39 is 0 Å². The van der Waals surface area contributed by atoms with Crippen molar-refractivity contribution in [1.82, 2.24) is 25.0 Å². The standard InChI is InChI=1S/C20H30N6O2/c1-15-7-5-6-8-17(15)18-14-26(10-12-28-18)20(21-9-11-27-4)22-13-19-24-23-16(2)25(19)3/h5-8,18H,9-14H2,1-4H3,(H,21,22). The second-order valence-electron chi connectivity index (χ2n) is 6.94. The topological polar surface area (TPSA) is 76.8 Å². The van der Waals surface area contributed by atoms with Crippen LogP contribution in [0.5, 0.6) is 0 Å². The van der Waals surface area contributed by atoms with Crippen LogP contribution >= 0.6 is 0 Å². The number of aromatic nitrogens is 3. The summed E-state index contributed by atoms with van der Waals surface area (Å²) >= 11 is 0. The Bertz CT molecular complexity index is 804. The number of rotatable bonds is 6. The first-order chi connectivity index (χ1) is 13.6. The van der Waals surface area contributed by atoms with E-state index in [2.05, 4.69) is 51.6 Å². The van der Waals surface area contributed by atoms with E-state index >= 15 is 0 Å². The minimum Gasteiger partial charge on any atom is -0.383 e. The van der Waals surface area contributed by atoms with Gasteiger partial charge in [0.2, 0.25) is 0 Å². The smallest absolute Gasteiger partial charge is 0.194 e. The minimum atomic E-state index is 0.0291. The Balaban J connectivity index is 1.75. The fourth-order valence-electron chi connectivity index (χ4n) is 3.24. The van der Waals surface area contributed by atoms with Crippen LogP contribution in [0.25, 0.3) is 0 Å². The van der Waals surface area contributed by atoms with E-state index in [0.29, 0.717) is 26.3 Å². The molecule has 1 unspecified atom stereocenters. The van der Waals surface area contributed by atoms with E-state index in [9.17, 15) is 0 Å². The third kappa shape index (κ3) is 4.88. The molecule has 1 atom stereocenters. The lowest BCUT2D eigenvalue weighted by Crippen LogP contribution is -2.49. The average molecular weight is 387 g/mol. The predicted molar refractivity (Wildman–Crippen MR) is 108 cm³/mol. The first-order valence-electron chi connectivity index (χ1n) is 9.64. The molecule has 0 amide bonds. The number of methoxy groups -OCH3 is 1. The molecule has 1 saturated heterocycles. The van der Waals surface area contributed by atoms with E-state index in [1.165, 1.54) is 11.1 Å². The van der Waals surface area contributed by atoms with Gasteiger partial charge in [-0.05, 0) is 25.0 Å². The molecule has 1 N–H and O–H groups in total. The van der Waals surface area contributed by atoms with Crippen molar-refractivity contribution in [3.63, 3.8) is 0 Å². The van der Waals surface area contributed by atoms with E-state index in [-0.39, 0.29) is 6.10 Å². The van der Waals surface area contributed by atoms with Crippen molar-refractivity contribution in [2.24, 2.45) is 12.0 Å². The zero-order valence-electron chi connectivity index (χ0n) is 17.2. The van der Waals surface area contributed by atoms with E-state index in [4.69, 9.17) is 14.5 Å². The molecule has 1 fully saturated rings. The second kappa shape index (κ2) is 9.66. The van der Waals surface area contributed by atoms with Crippen molar-refractivity contribution in [1.29, 1.82) is 0 Å². The molecule has 1 aliphatic heterocycles. The van der Waals surface area contributed by atoms with Crippen molar-refractivity contribution < 1.29 is 9.47 Å². The highest BCUT2D eigenvalue weighted by molar-refractivity contribution is 5.80. The number of aliphatic imine (C=N–C) groups is 1. The van der Waals surface area contributed by atoms with Crippen molar-refractivity contribution in [2.45, 2.75) is 26.5 Å². The molecule has 0 aliphatic carbocycles. The molecule has 1 aromatic carbocycles. The Kier molecular flexibility index (Phi) is 7.00. The maximum Gasteiger partial charge on any atom is 0.194 e. The molecule has 28 heavy (non-hydrogen) atoms. The van der Waals surface area contributed by atoms with Gasteiger partial charge in [0.05, 0.1) is 19.8 Å².